The van der Waals surface area contributed by atoms with Gasteiger partial charge < -0.3 is 9.16 Å². The molecule has 0 saturated heterocycles. The Morgan fingerprint density at radius 2 is 1.72 bits per heavy atom. The monoisotopic (exact) mass is 360 g/mol. The van der Waals surface area contributed by atoms with Gasteiger partial charge in [-0.2, -0.15) is 0 Å². The van der Waals surface area contributed by atoms with Gasteiger partial charge in [-0.05, 0) is 36.5 Å². The molecule has 0 radical (unpaired) electrons. The molecule has 3 heteroatoms. The van der Waals surface area contributed by atoms with Crippen molar-refractivity contribution >= 4 is 8.32 Å². The summed E-state index contributed by atoms with van der Waals surface area (Å²) in [5, 5.41) is 0. The van der Waals surface area contributed by atoms with Gasteiger partial charge in [-0.1, -0.05) is 58.0 Å². The van der Waals surface area contributed by atoms with Gasteiger partial charge in [0, 0.05) is 18.4 Å². The van der Waals surface area contributed by atoms with E-state index in [0.717, 1.165) is 25.9 Å². The predicted octanol–water partition coefficient (Wildman–Crippen LogP) is 6.03. The maximum Gasteiger partial charge on any atom is 0.192 e. The molecule has 1 aromatic carbocycles. The molecular formula is C22H36O2Si. The van der Waals surface area contributed by atoms with Gasteiger partial charge in [0.1, 0.15) is 0 Å². The fourth-order valence-electron chi connectivity index (χ4n) is 3.23. The zero-order valence-electron chi connectivity index (χ0n) is 16.6. The molecule has 1 aromatic rings. The normalized spacial score (nSPS) is 14.0. The van der Waals surface area contributed by atoms with Crippen LogP contribution < -0.4 is 0 Å². The summed E-state index contributed by atoms with van der Waals surface area (Å²) in [6.07, 6.45) is 8.59. The van der Waals surface area contributed by atoms with Crippen LogP contribution in [0.25, 0.3) is 0 Å². The molecule has 0 amide bonds. The third kappa shape index (κ3) is 7.77. The van der Waals surface area contributed by atoms with E-state index in [2.05, 4.69) is 57.9 Å². The van der Waals surface area contributed by atoms with E-state index in [1.807, 2.05) is 6.07 Å². The van der Waals surface area contributed by atoms with Crippen molar-refractivity contribution in [1.29, 1.82) is 0 Å². The Labute approximate surface area is 156 Å². The van der Waals surface area contributed by atoms with Gasteiger partial charge >= 0.3 is 0 Å². The molecule has 0 aliphatic rings. The predicted molar refractivity (Wildman–Crippen MR) is 110 cm³/mol. The molecule has 25 heavy (non-hydrogen) atoms. The second-order valence-electron chi connectivity index (χ2n) is 6.97. The second-order valence-corrected chi connectivity index (χ2v) is 11.7. The summed E-state index contributed by atoms with van der Waals surface area (Å²) in [5.41, 5.74) is 1.22. The zero-order valence-corrected chi connectivity index (χ0v) is 17.6. The molecule has 0 aliphatic heterocycles. The first kappa shape index (κ1) is 22.0. The lowest BCUT2D eigenvalue weighted by atomic mass is 10.0. The van der Waals surface area contributed by atoms with Gasteiger partial charge in [0.2, 0.25) is 0 Å². The Kier molecular flexibility index (Phi) is 10.8. The van der Waals surface area contributed by atoms with Crippen LogP contribution in [-0.2, 0) is 15.8 Å². The fraction of sp³-hybridized carbons (Fsp3) is 0.636. The lowest BCUT2D eigenvalue weighted by molar-refractivity contribution is 0.0310. The summed E-state index contributed by atoms with van der Waals surface area (Å²) in [4.78, 5) is 0. The topological polar surface area (TPSA) is 18.5 Å². The smallest absolute Gasteiger partial charge is 0.192 e. The van der Waals surface area contributed by atoms with Crippen molar-refractivity contribution in [3.8, 4) is 12.3 Å². The number of hydrogen-bond acceptors (Lipinski definition) is 2. The third-order valence-electron chi connectivity index (χ3n) is 5.27. The van der Waals surface area contributed by atoms with Crippen LogP contribution in [0.15, 0.2) is 30.3 Å². The summed E-state index contributed by atoms with van der Waals surface area (Å²) in [7, 11) is -1.61. The molecule has 0 aliphatic carbocycles. The minimum Gasteiger partial charge on any atom is -0.414 e. The molecule has 0 spiro atoms. The van der Waals surface area contributed by atoms with Crippen LogP contribution in [0.4, 0.5) is 0 Å². The van der Waals surface area contributed by atoms with Gasteiger partial charge in [0.05, 0.1) is 13.2 Å². The quantitative estimate of drug-likeness (QED) is 0.243. The number of terminal acetylenes is 1. The van der Waals surface area contributed by atoms with Crippen molar-refractivity contribution < 1.29 is 9.16 Å². The molecule has 0 bridgehead atoms. The van der Waals surface area contributed by atoms with Gasteiger partial charge in [0.25, 0.3) is 0 Å². The second kappa shape index (κ2) is 12.3. The molecule has 0 fully saturated rings. The van der Waals surface area contributed by atoms with Crippen molar-refractivity contribution in [2.75, 3.05) is 6.61 Å². The third-order valence-corrected chi connectivity index (χ3v) is 9.94. The minimum atomic E-state index is -1.61. The summed E-state index contributed by atoms with van der Waals surface area (Å²) < 4.78 is 12.8. The first-order chi connectivity index (χ1) is 12.1. The average molecular weight is 361 g/mol. The zero-order chi connectivity index (χ0) is 18.5. The molecule has 1 rings (SSSR count). The van der Waals surface area contributed by atoms with E-state index in [0.29, 0.717) is 12.5 Å². The molecule has 140 valence electrons. The number of unbranched alkanes of at least 4 members (excludes halogenated alkanes) is 1. The Hall–Kier alpha value is -1.08. The highest BCUT2D eigenvalue weighted by atomic mass is 28.4. The Balaban J connectivity index is 2.61. The number of rotatable bonds is 13. The standard InChI is InChI=1S/C22H36O2Si/c1-6-10-12-17-22(24-25(7-2,8-3)9-4)20(5)18-23-19-21-15-13-11-14-16-21/h1,11,13-16,20,22H,7-10,12,17-19H2,2-5H3/t20-,22-/m1/s1. The summed E-state index contributed by atoms with van der Waals surface area (Å²) in [5.74, 6) is 3.14. The van der Waals surface area contributed by atoms with Crippen LogP contribution in [0.2, 0.25) is 18.1 Å². The minimum absolute atomic E-state index is 0.260. The molecule has 2 atom stereocenters. The van der Waals surface area contributed by atoms with Crippen LogP contribution >= 0.6 is 0 Å². The Morgan fingerprint density at radius 3 is 2.28 bits per heavy atom. The Morgan fingerprint density at radius 1 is 1.08 bits per heavy atom. The molecule has 0 unspecified atom stereocenters. The summed E-state index contributed by atoms with van der Waals surface area (Å²) in [6.45, 7) is 10.5. The van der Waals surface area contributed by atoms with E-state index in [-0.39, 0.29) is 6.10 Å². The van der Waals surface area contributed by atoms with Crippen molar-refractivity contribution in [2.24, 2.45) is 5.92 Å². The largest absolute Gasteiger partial charge is 0.414 e. The number of hydrogen-bond donors (Lipinski definition) is 0. The van der Waals surface area contributed by atoms with E-state index in [4.69, 9.17) is 15.6 Å². The van der Waals surface area contributed by atoms with E-state index in [1.165, 1.54) is 23.7 Å². The molecule has 0 aromatic heterocycles. The maximum absolute atomic E-state index is 6.79. The van der Waals surface area contributed by atoms with Crippen molar-refractivity contribution in [1.82, 2.24) is 0 Å². The number of ether oxygens (including phenoxy) is 1. The Bertz CT molecular complexity index is 482. The highest BCUT2D eigenvalue weighted by molar-refractivity contribution is 6.73. The van der Waals surface area contributed by atoms with Crippen LogP contribution in [-0.4, -0.2) is 21.0 Å². The number of benzene rings is 1. The molecular weight excluding hydrogens is 324 g/mol. The fourth-order valence-corrected chi connectivity index (χ4v) is 6.22. The van der Waals surface area contributed by atoms with E-state index < -0.39 is 8.32 Å². The maximum atomic E-state index is 6.79. The molecule has 2 nitrogen and oxygen atoms in total. The highest BCUT2D eigenvalue weighted by Gasteiger charge is 2.33. The summed E-state index contributed by atoms with van der Waals surface area (Å²) >= 11 is 0. The average Bonchev–Trinajstić information content (AvgIpc) is 2.66. The highest BCUT2D eigenvalue weighted by Crippen LogP contribution is 2.28. The van der Waals surface area contributed by atoms with Crippen LogP contribution in [0.1, 0.15) is 52.5 Å². The van der Waals surface area contributed by atoms with Crippen LogP contribution in [0, 0.1) is 18.3 Å². The lowest BCUT2D eigenvalue weighted by Gasteiger charge is -2.36. The molecule has 0 heterocycles. The van der Waals surface area contributed by atoms with Gasteiger partial charge in [0.15, 0.2) is 8.32 Å². The van der Waals surface area contributed by atoms with Crippen LogP contribution in [0.3, 0.4) is 0 Å². The van der Waals surface area contributed by atoms with Crippen molar-refractivity contribution in [3.63, 3.8) is 0 Å². The van der Waals surface area contributed by atoms with Crippen molar-refractivity contribution in [3.05, 3.63) is 35.9 Å². The first-order valence-electron chi connectivity index (χ1n) is 9.83. The van der Waals surface area contributed by atoms with Crippen LogP contribution in [0.5, 0.6) is 0 Å². The van der Waals surface area contributed by atoms with Gasteiger partial charge in [-0.15, -0.1) is 12.3 Å². The van der Waals surface area contributed by atoms with E-state index in [9.17, 15) is 0 Å². The van der Waals surface area contributed by atoms with E-state index >= 15 is 0 Å². The molecule has 0 saturated carbocycles. The van der Waals surface area contributed by atoms with E-state index in [1.54, 1.807) is 0 Å². The SMILES string of the molecule is C#CCCC[C@@H](O[Si](CC)(CC)CC)[C@H](C)COCc1ccccc1. The van der Waals surface area contributed by atoms with Gasteiger partial charge in [-0.3, -0.25) is 0 Å². The molecule has 0 N–H and O–H groups in total. The van der Waals surface area contributed by atoms with Crippen molar-refractivity contribution in [2.45, 2.75) is 77.8 Å². The lowest BCUT2D eigenvalue weighted by Crippen LogP contribution is -2.42. The van der Waals surface area contributed by atoms with Gasteiger partial charge in [-0.25, -0.2) is 0 Å². The summed E-state index contributed by atoms with van der Waals surface area (Å²) in [6, 6.07) is 13.9. The first-order valence-corrected chi connectivity index (χ1v) is 12.4.